The van der Waals surface area contributed by atoms with Crippen molar-refractivity contribution in [1.29, 1.82) is 0 Å². The van der Waals surface area contributed by atoms with Crippen LogP contribution in [-0.4, -0.2) is 35.1 Å². The number of aliphatic hydroxyl groups is 2. The molecule has 0 unspecified atom stereocenters. The highest BCUT2D eigenvalue weighted by Crippen LogP contribution is 2.67. The van der Waals surface area contributed by atoms with Crippen LogP contribution < -0.4 is 0 Å². The van der Waals surface area contributed by atoms with Crippen molar-refractivity contribution in [3.8, 4) is 0 Å². The Hall–Kier alpha value is -0.380. The van der Waals surface area contributed by atoms with Crippen LogP contribution in [0.25, 0.3) is 0 Å². The molecule has 34 heavy (non-hydrogen) atoms. The van der Waals surface area contributed by atoms with E-state index in [9.17, 15) is 10.2 Å². The molecule has 0 aromatic rings. The second kappa shape index (κ2) is 9.49. The van der Waals surface area contributed by atoms with Crippen LogP contribution in [0.5, 0.6) is 0 Å². The van der Waals surface area contributed by atoms with Crippen molar-refractivity contribution in [2.24, 2.45) is 46.3 Å². The first-order valence-electron chi connectivity index (χ1n) is 14.9. The number of ether oxygens (including phenoxy) is 1. The molecule has 1 saturated heterocycles. The average Bonchev–Trinajstić information content (AvgIpc) is 3.20. The second-order valence-electron chi connectivity index (χ2n) is 13.8. The molecule has 1 aliphatic heterocycles. The van der Waals surface area contributed by atoms with Gasteiger partial charge < -0.3 is 14.9 Å². The van der Waals surface area contributed by atoms with E-state index in [0.29, 0.717) is 22.7 Å². The minimum atomic E-state index is -0.454. The summed E-state index contributed by atoms with van der Waals surface area (Å²) >= 11 is 0. The first-order chi connectivity index (χ1) is 16.2. The molecule has 0 spiro atoms. The molecule has 5 aliphatic rings. The number of aliphatic hydroxyl groups excluding tert-OH is 1. The molecule has 9 atom stereocenters. The Morgan fingerprint density at radius 3 is 2.50 bits per heavy atom. The highest BCUT2D eigenvalue weighted by Gasteiger charge is 2.59. The maximum Gasteiger partial charge on any atom is 0.0682 e. The van der Waals surface area contributed by atoms with Gasteiger partial charge in [-0.15, -0.1) is 0 Å². The fourth-order valence-corrected chi connectivity index (χ4v) is 9.96. The molecule has 0 aromatic carbocycles. The standard InChI is InChI=1S/C31H52O3/c1-5-31(33)17-16-29(3)23(20-31)7-8-24-26-10-9-25(30(26,4)15-12-27(24)29)21(2)6-11-28(32)22-13-18-34-19-14-22/h7,21-22,24-28,32-33H,5-6,8-20H2,1-4H3/t21-,24+,25-,26+,27+,28-,29+,30-,31+/m1/s1. The van der Waals surface area contributed by atoms with Gasteiger partial charge in [-0.05, 0) is 130 Å². The van der Waals surface area contributed by atoms with E-state index in [0.717, 1.165) is 75.4 Å². The summed E-state index contributed by atoms with van der Waals surface area (Å²) in [5.41, 5.74) is 1.94. The molecule has 194 valence electrons. The molecular formula is C31H52O3. The van der Waals surface area contributed by atoms with Crippen molar-refractivity contribution in [2.75, 3.05) is 13.2 Å². The van der Waals surface area contributed by atoms with E-state index >= 15 is 0 Å². The fraction of sp³-hybridized carbons (Fsp3) is 0.935. The fourth-order valence-electron chi connectivity index (χ4n) is 9.96. The van der Waals surface area contributed by atoms with Crippen LogP contribution in [0.4, 0.5) is 0 Å². The molecule has 4 aliphatic carbocycles. The summed E-state index contributed by atoms with van der Waals surface area (Å²) in [6, 6.07) is 0. The molecule has 0 bridgehead atoms. The van der Waals surface area contributed by atoms with Crippen LogP contribution in [-0.2, 0) is 4.74 Å². The number of fused-ring (bicyclic) bond motifs is 5. The Labute approximate surface area is 209 Å². The van der Waals surface area contributed by atoms with Gasteiger partial charge in [-0.2, -0.15) is 0 Å². The van der Waals surface area contributed by atoms with E-state index < -0.39 is 5.60 Å². The summed E-state index contributed by atoms with van der Waals surface area (Å²) < 4.78 is 5.50. The Morgan fingerprint density at radius 2 is 1.76 bits per heavy atom. The second-order valence-corrected chi connectivity index (χ2v) is 13.8. The van der Waals surface area contributed by atoms with Crippen LogP contribution in [0.2, 0.25) is 0 Å². The van der Waals surface area contributed by atoms with Gasteiger partial charge in [-0.3, -0.25) is 0 Å². The predicted molar refractivity (Wildman–Crippen MR) is 138 cm³/mol. The molecule has 3 heteroatoms. The molecular weight excluding hydrogens is 420 g/mol. The van der Waals surface area contributed by atoms with Crippen LogP contribution in [0.15, 0.2) is 11.6 Å². The van der Waals surface area contributed by atoms with E-state index in [2.05, 4.69) is 33.8 Å². The molecule has 0 aromatic heterocycles. The van der Waals surface area contributed by atoms with Gasteiger partial charge in [0.25, 0.3) is 0 Å². The summed E-state index contributed by atoms with van der Waals surface area (Å²) in [5.74, 6) is 4.49. The topological polar surface area (TPSA) is 49.7 Å². The highest BCUT2D eigenvalue weighted by molar-refractivity contribution is 5.27. The third-order valence-electron chi connectivity index (χ3n) is 12.4. The third kappa shape index (κ3) is 4.24. The van der Waals surface area contributed by atoms with E-state index in [-0.39, 0.29) is 6.10 Å². The average molecular weight is 473 g/mol. The maximum atomic E-state index is 11.0. The van der Waals surface area contributed by atoms with Gasteiger partial charge in [0.1, 0.15) is 0 Å². The van der Waals surface area contributed by atoms with Crippen LogP contribution in [0.1, 0.15) is 111 Å². The lowest BCUT2D eigenvalue weighted by Crippen LogP contribution is -2.52. The van der Waals surface area contributed by atoms with Gasteiger partial charge in [0.05, 0.1) is 11.7 Å². The van der Waals surface area contributed by atoms with Crippen molar-refractivity contribution in [3.05, 3.63) is 11.6 Å². The summed E-state index contributed by atoms with van der Waals surface area (Å²) in [6.07, 6.45) is 17.5. The van der Waals surface area contributed by atoms with Gasteiger partial charge in [0, 0.05) is 13.2 Å². The van der Waals surface area contributed by atoms with Crippen LogP contribution >= 0.6 is 0 Å². The number of hydrogen-bond acceptors (Lipinski definition) is 3. The Kier molecular flexibility index (Phi) is 7.06. The van der Waals surface area contributed by atoms with Gasteiger partial charge >= 0.3 is 0 Å². The van der Waals surface area contributed by atoms with Crippen LogP contribution in [0.3, 0.4) is 0 Å². The maximum absolute atomic E-state index is 11.0. The SMILES string of the molecule is CC[C@]1(O)CC[C@@]2(C)C(=CC[C@H]3[C@@H]4CC[C@H]([C@H](C)CC[C@@H](O)C5CCOCC5)[C@@]4(C)CC[C@@H]32)C1. The zero-order valence-corrected chi connectivity index (χ0v) is 22.5. The minimum Gasteiger partial charge on any atom is -0.393 e. The van der Waals surface area contributed by atoms with Crippen molar-refractivity contribution < 1.29 is 14.9 Å². The lowest BCUT2D eigenvalue weighted by molar-refractivity contribution is -0.0760. The first kappa shape index (κ1) is 25.3. The smallest absolute Gasteiger partial charge is 0.0682 e. The molecule has 0 radical (unpaired) electrons. The lowest BCUT2D eigenvalue weighted by Gasteiger charge is -2.59. The van der Waals surface area contributed by atoms with Gasteiger partial charge in [0.2, 0.25) is 0 Å². The Bertz CT molecular complexity index is 756. The van der Waals surface area contributed by atoms with Gasteiger partial charge in [-0.25, -0.2) is 0 Å². The summed E-state index contributed by atoms with van der Waals surface area (Å²) in [4.78, 5) is 0. The van der Waals surface area contributed by atoms with Crippen molar-refractivity contribution in [3.63, 3.8) is 0 Å². The first-order valence-corrected chi connectivity index (χ1v) is 14.9. The Morgan fingerprint density at radius 1 is 1.00 bits per heavy atom. The van der Waals surface area contributed by atoms with E-state index in [1.54, 1.807) is 5.57 Å². The molecule has 5 rings (SSSR count). The Balaban J connectivity index is 1.25. The zero-order valence-electron chi connectivity index (χ0n) is 22.5. The lowest BCUT2D eigenvalue weighted by atomic mass is 9.46. The van der Waals surface area contributed by atoms with Crippen molar-refractivity contribution in [1.82, 2.24) is 0 Å². The molecule has 0 amide bonds. The van der Waals surface area contributed by atoms with E-state index in [4.69, 9.17) is 4.74 Å². The largest absolute Gasteiger partial charge is 0.393 e. The van der Waals surface area contributed by atoms with Crippen molar-refractivity contribution in [2.45, 2.75) is 123 Å². The monoisotopic (exact) mass is 472 g/mol. The minimum absolute atomic E-state index is 0.137. The predicted octanol–water partition coefficient (Wildman–Crippen LogP) is 6.91. The van der Waals surface area contributed by atoms with E-state index in [1.165, 1.54) is 44.9 Å². The normalized spacial score (nSPS) is 46.7. The summed E-state index contributed by atoms with van der Waals surface area (Å²) in [7, 11) is 0. The highest BCUT2D eigenvalue weighted by atomic mass is 16.5. The van der Waals surface area contributed by atoms with E-state index in [1.807, 2.05) is 0 Å². The molecule has 4 fully saturated rings. The number of hydrogen-bond donors (Lipinski definition) is 2. The molecule has 3 nitrogen and oxygen atoms in total. The summed E-state index contributed by atoms with van der Waals surface area (Å²) in [6.45, 7) is 11.5. The number of rotatable bonds is 6. The summed E-state index contributed by atoms with van der Waals surface area (Å²) in [5, 5.41) is 21.9. The van der Waals surface area contributed by atoms with Crippen molar-refractivity contribution >= 4 is 0 Å². The quantitative estimate of drug-likeness (QED) is 0.413. The number of allylic oxidation sites excluding steroid dienone is 1. The van der Waals surface area contributed by atoms with Crippen LogP contribution in [0, 0.1) is 46.3 Å². The van der Waals surface area contributed by atoms with Gasteiger partial charge in [0.15, 0.2) is 0 Å². The molecule has 1 heterocycles. The molecule has 2 N–H and O–H groups in total. The van der Waals surface area contributed by atoms with Gasteiger partial charge in [-0.1, -0.05) is 39.3 Å². The zero-order chi connectivity index (χ0) is 24.1. The molecule has 3 saturated carbocycles. The third-order valence-corrected chi connectivity index (χ3v) is 12.4.